The van der Waals surface area contributed by atoms with Crippen molar-refractivity contribution in [2.45, 2.75) is 199 Å². The molecule has 10 nitrogen and oxygen atoms in total. The first-order valence-corrected chi connectivity index (χ1v) is 22.9. The standard InChI is InChI=1S/C43H79O10P/c1-3-5-7-9-11-13-15-17-19-20-21-23-24-26-28-30-32-34-42(46)50-38-41(39-52-54(48,49)51-37-40(45)36-44)53-43(47)35-33-31-29-27-25-22-18-16-14-12-10-8-6-4-2/h11,13,17,19,21,23,40-41,44-45H,3-10,12,14-16,18,20,22,24-39H2,1-2H3,(H,48,49)/b13-11+,19-17+,23-21+/t40-,41+/m0/s1. The van der Waals surface area contributed by atoms with E-state index in [1.165, 1.54) is 89.9 Å². The number of phosphoric acid groups is 1. The van der Waals surface area contributed by atoms with Crippen molar-refractivity contribution in [2.75, 3.05) is 26.4 Å². The van der Waals surface area contributed by atoms with E-state index in [2.05, 4.69) is 54.8 Å². The van der Waals surface area contributed by atoms with Crippen molar-refractivity contribution < 1.29 is 47.8 Å². The van der Waals surface area contributed by atoms with Crippen LogP contribution in [0.4, 0.5) is 0 Å². The van der Waals surface area contributed by atoms with Crippen LogP contribution in [0, 0.1) is 0 Å². The molecule has 1 unspecified atom stereocenters. The Balaban J connectivity index is 4.33. The number of ether oxygens (including phenoxy) is 2. The molecule has 0 amide bonds. The predicted octanol–water partition coefficient (Wildman–Crippen LogP) is 11.2. The molecule has 0 heterocycles. The molecule has 0 radical (unpaired) electrons. The Kier molecular flexibility index (Phi) is 38.1. The molecule has 0 saturated carbocycles. The van der Waals surface area contributed by atoms with Gasteiger partial charge in [-0.3, -0.25) is 18.6 Å². The number of esters is 2. The first kappa shape index (κ1) is 52.2. The van der Waals surface area contributed by atoms with Crippen LogP contribution in [-0.2, 0) is 32.7 Å². The van der Waals surface area contributed by atoms with Crippen molar-refractivity contribution in [1.82, 2.24) is 0 Å². The lowest BCUT2D eigenvalue weighted by Gasteiger charge is -2.20. The monoisotopic (exact) mass is 787 g/mol. The Morgan fingerprint density at radius 3 is 1.48 bits per heavy atom. The number of hydrogen-bond donors (Lipinski definition) is 3. The number of allylic oxidation sites excluding steroid dienone is 6. The second-order valence-corrected chi connectivity index (χ2v) is 15.8. The van der Waals surface area contributed by atoms with E-state index in [-0.39, 0.29) is 19.4 Å². The molecule has 3 atom stereocenters. The molecule has 54 heavy (non-hydrogen) atoms. The van der Waals surface area contributed by atoms with Gasteiger partial charge < -0.3 is 24.6 Å². The molecule has 0 aromatic heterocycles. The van der Waals surface area contributed by atoms with Gasteiger partial charge in [0.15, 0.2) is 6.10 Å². The fraction of sp³-hybridized carbons (Fsp3) is 0.814. The van der Waals surface area contributed by atoms with Gasteiger partial charge in [-0.05, 0) is 51.4 Å². The molecule has 0 bridgehead atoms. The average molecular weight is 787 g/mol. The Bertz CT molecular complexity index is 999. The van der Waals surface area contributed by atoms with Gasteiger partial charge in [-0.2, -0.15) is 0 Å². The summed E-state index contributed by atoms with van der Waals surface area (Å²) in [6.07, 6.45) is 39.6. The highest BCUT2D eigenvalue weighted by Crippen LogP contribution is 2.43. The van der Waals surface area contributed by atoms with E-state index in [1.807, 2.05) is 0 Å². The maximum absolute atomic E-state index is 12.6. The van der Waals surface area contributed by atoms with Crippen LogP contribution in [0.3, 0.4) is 0 Å². The fourth-order valence-electron chi connectivity index (χ4n) is 5.71. The lowest BCUT2D eigenvalue weighted by atomic mass is 10.0. The molecular weight excluding hydrogens is 707 g/mol. The van der Waals surface area contributed by atoms with Gasteiger partial charge in [-0.15, -0.1) is 0 Å². The lowest BCUT2D eigenvalue weighted by molar-refractivity contribution is -0.161. The number of rotatable bonds is 40. The second kappa shape index (κ2) is 39.4. The third kappa shape index (κ3) is 38.5. The summed E-state index contributed by atoms with van der Waals surface area (Å²) in [5.41, 5.74) is 0. The van der Waals surface area contributed by atoms with Gasteiger partial charge >= 0.3 is 19.8 Å². The molecule has 0 aliphatic rings. The summed E-state index contributed by atoms with van der Waals surface area (Å²) in [6, 6.07) is 0. The topological polar surface area (TPSA) is 149 Å². The van der Waals surface area contributed by atoms with Crippen LogP contribution in [-0.4, -0.2) is 65.7 Å². The van der Waals surface area contributed by atoms with Crippen LogP contribution < -0.4 is 0 Å². The molecule has 11 heteroatoms. The third-order valence-corrected chi connectivity index (χ3v) is 10.00. The Labute approximate surface area is 329 Å². The summed E-state index contributed by atoms with van der Waals surface area (Å²) < 4.78 is 32.7. The van der Waals surface area contributed by atoms with Gasteiger partial charge in [0, 0.05) is 12.8 Å². The summed E-state index contributed by atoms with van der Waals surface area (Å²) in [7, 11) is -4.62. The minimum Gasteiger partial charge on any atom is -0.462 e. The number of unbranched alkanes of at least 4 members (excludes halogenated alkanes) is 20. The maximum atomic E-state index is 12.6. The molecular formula is C43H79O10P. The van der Waals surface area contributed by atoms with Gasteiger partial charge in [0.05, 0.1) is 19.8 Å². The Hall–Kier alpha value is -1.81. The van der Waals surface area contributed by atoms with E-state index in [0.29, 0.717) is 12.8 Å². The molecule has 0 aromatic rings. The highest BCUT2D eigenvalue weighted by Gasteiger charge is 2.27. The van der Waals surface area contributed by atoms with Gasteiger partial charge in [0.25, 0.3) is 0 Å². The van der Waals surface area contributed by atoms with Crippen LogP contribution in [0.2, 0.25) is 0 Å². The minimum absolute atomic E-state index is 0.182. The number of carbonyl (C=O) groups excluding carboxylic acids is 2. The lowest BCUT2D eigenvalue weighted by Crippen LogP contribution is -2.29. The molecule has 0 aliphatic heterocycles. The van der Waals surface area contributed by atoms with Crippen molar-refractivity contribution in [2.24, 2.45) is 0 Å². The number of phosphoric ester groups is 1. The Morgan fingerprint density at radius 2 is 0.963 bits per heavy atom. The highest BCUT2D eigenvalue weighted by atomic mass is 31.2. The van der Waals surface area contributed by atoms with E-state index < -0.39 is 51.8 Å². The summed E-state index contributed by atoms with van der Waals surface area (Å²) in [5, 5.41) is 18.3. The van der Waals surface area contributed by atoms with Crippen LogP contribution in [0.1, 0.15) is 187 Å². The SMILES string of the molecule is CCCCC/C=C/C/C=C/C/C=C/CCCCCCC(=O)OC[C@H](COP(=O)(O)OC[C@@H](O)CO)OC(=O)CCCCCCCCCCCCCCCC. The number of aliphatic hydroxyl groups is 2. The normalized spacial score (nSPS) is 14.2. The maximum Gasteiger partial charge on any atom is 0.472 e. The molecule has 0 saturated heterocycles. The third-order valence-electron chi connectivity index (χ3n) is 9.05. The van der Waals surface area contributed by atoms with Crippen LogP contribution in [0.25, 0.3) is 0 Å². The summed E-state index contributed by atoms with van der Waals surface area (Å²) in [5.74, 6) is -0.946. The van der Waals surface area contributed by atoms with Crippen LogP contribution in [0.15, 0.2) is 36.5 Å². The number of hydrogen-bond acceptors (Lipinski definition) is 9. The molecule has 0 spiro atoms. The zero-order valence-corrected chi connectivity index (χ0v) is 35.1. The average Bonchev–Trinajstić information content (AvgIpc) is 3.16. The molecule has 3 N–H and O–H groups in total. The number of carbonyl (C=O) groups is 2. The largest absolute Gasteiger partial charge is 0.472 e. The fourth-order valence-corrected chi connectivity index (χ4v) is 6.50. The zero-order valence-electron chi connectivity index (χ0n) is 34.2. The van der Waals surface area contributed by atoms with Gasteiger partial charge in [-0.25, -0.2) is 4.57 Å². The van der Waals surface area contributed by atoms with Crippen molar-refractivity contribution in [1.29, 1.82) is 0 Å². The van der Waals surface area contributed by atoms with E-state index in [0.717, 1.165) is 57.8 Å². The second-order valence-electron chi connectivity index (χ2n) is 14.4. The molecule has 0 aromatic carbocycles. The predicted molar refractivity (Wildman–Crippen MR) is 219 cm³/mol. The Morgan fingerprint density at radius 1 is 0.556 bits per heavy atom. The highest BCUT2D eigenvalue weighted by molar-refractivity contribution is 7.47. The van der Waals surface area contributed by atoms with Crippen molar-refractivity contribution >= 4 is 19.8 Å². The quantitative estimate of drug-likeness (QED) is 0.0237. The van der Waals surface area contributed by atoms with E-state index in [9.17, 15) is 24.2 Å². The smallest absolute Gasteiger partial charge is 0.462 e. The van der Waals surface area contributed by atoms with Crippen molar-refractivity contribution in [3.63, 3.8) is 0 Å². The number of aliphatic hydroxyl groups excluding tert-OH is 2. The van der Waals surface area contributed by atoms with E-state index >= 15 is 0 Å². The van der Waals surface area contributed by atoms with Gasteiger partial charge in [0.2, 0.25) is 0 Å². The molecule has 0 aliphatic carbocycles. The summed E-state index contributed by atoms with van der Waals surface area (Å²) >= 11 is 0. The zero-order chi connectivity index (χ0) is 39.8. The minimum atomic E-state index is -4.62. The van der Waals surface area contributed by atoms with Gasteiger partial charge in [-0.1, -0.05) is 159 Å². The van der Waals surface area contributed by atoms with E-state index in [4.69, 9.17) is 19.1 Å². The van der Waals surface area contributed by atoms with Crippen LogP contribution in [0.5, 0.6) is 0 Å². The first-order valence-electron chi connectivity index (χ1n) is 21.4. The van der Waals surface area contributed by atoms with E-state index in [1.54, 1.807) is 0 Å². The molecule has 0 fully saturated rings. The van der Waals surface area contributed by atoms with Crippen LogP contribution >= 0.6 is 7.82 Å². The van der Waals surface area contributed by atoms with Gasteiger partial charge in [0.1, 0.15) is 12.7 Å². The molecule has 316 valence electrons. The van der Waals surface area contributed by atoms with Crippen molar-refractivity contribution in [3.05, 3.63) is 36.5 Å². The van der Waals surface area contributed by atoms with Crippen molar-refractivity contribution in [3.8, 4) is 0 Å². The molecule has 0 rings (SSSR count). The first-order chi connectivity index (χ1) is 26.2. The summed E-state index contributed by atoms with van der Waals surface area (Å²) in [6.45, 7) is 2.33. The summed E-state index contributed by atoms with van der Waals surface area (Å²) in [4.78, 5) is 34.9.